The predicted molar refractivity (Wildman–Crippen MR) is 99.7 cm³/mol. The first-order chi connectivity index (χ1) is 12.5. The molecule has 1 aromatic heterocycles. The maximum atomic E-state index is 12.4. The van der Waals surface area contributed by atoms with Crippen LogP contribution in [0.25, 0.3) is 0 Å². The van der Waals surface area contributed by atoms with Crippen molar-refractivity contribution in [1.29, 1.82) is 0 Å². The van der Waals surface area contributed by atoms with Crippen molar-refractivity contribution < 1.29 is 18.7 Å². The van der Waals surface area contributed by atoms with Crippen LogP contribution in [0.1, 0.15) is 30.8 Å². The van der Waals surface area contributed by atoms with Crippen molar-refractivity contribution in [1.82, 2.24) is 4.90 Å². The van der Waals surface area contributed by atoms with Gasteiger partial charge in [-0.25, -0.2) is 0 Å². The summed E-state index contributed by atoms with van der Waals surface area (Å²) in [7, 11) is 5.05. The molecule has 2 aromatic rings. The Hall–Kier alpha value is -2.47. The molecular formula is C20H26N2O4. The van der Waals surface area contributed by atoms with Crippen molar-refractivity contribution in [3.8, 4) is 11.5 Å². The van der Waals surface area contributed by atoms with Gasteiger partial charge in [-0.2, -0.15) is 0 Å². The lowest BCUT2D eigenvalue weighted by atomic mass is 10.2. The van der Waals surface area contributed by atoms with Crippen LogP contribution in [0.4, 0.5) is 5.69 Å². The number of methoxy groups -OCH3 is 2. The molecule has 2 atom stereocenters. The van der Waals surface area contributed by atoms with E-state index in [1.54, 1.807) is 32.4 Å². The van der Waals surface area contributed by atoms with E-state index in [9.17, 15) is 4.79 Å². The average Bonchev–Trinajstić information content (AvgIpc) is 3.16. The van der Waals surface area contributed by atoms with Crippen LogP contribution < -0.4 is 14.8 Å². The van der Waals surface area contributed by atoms with Crippen molar-refractivity contribution >= 4 is 11.6 Å². The van der Waals surface area contributed by atoms with E-state index in [0.717, 1.165) is 17.4 Å². The topological polar surface area (TPSA) is 63.9 Å². The summed E-state index contributed by atoms with van der Waals surface area (Å²) in [6.45, 7) is 3.07. The molecule has 1 amide bonds. The summed E-state index contributed by atoms with van der Waals surface area (Å²) < 4.78 is 16.4. The third-order valence-electron chi connectivity index (χ3n) is 4.68. The van der Waals surface area contributed by atoms with E-state index >= 15 is 0 Å². The molecule has 0 bridgehead atoms. The molecule has 1 heterocycles. The minimum atomic E-state index is -0.123. The maximum absolute atomic E-state index is 12.4. The van der Waals surface area contributed by atoms with Crippen molar-refractivity contribution in [3.63, 3.8) is 0 Å². The molecular weight excluding hydrogens is 332 g/mol. The molecule has 1 aliphatic rings. The van der Waals surface area contributed by atoms with E-state index in [-0.39, 0.29) is 12.5 Å². The van der Waals surface area contributed by atoms with Gasteiger partial charge in [0.25, 0.3) is 0 Å². The number of ether oxygens (including phenoxy) is 2. The first-order valence-electron chi connectivity index (χ1n) is 8.79. The third kappa shape index (κ3) is 4.38. The van der Waals surface area contributed by atoms with Crippen molar-refractivity contribution in [2.75, 3.05) is 33.1 Å². The number of hydrogen-bond donors (Lipinski definition) is 1. The summed E-state index contributed by atoms with van der Waals surface area (Å²) in [6, 6.07) is 9.35. The lowest BCUT2D eigenvalue weighted by molar-refractivity contribution is -0.117. The number of furan rings is 1. The number of nitrogens with one attached hydrogen (secondary N) is 1. The van der Waals surface area contributed by atoms with E-state index in [4.69, 9.17) is 13.9 Å². The van der Waals surface area contributed by atoms with Gasteiger partial charge in [0.2, 0.25) is 5.91 Å². The van der Waals surface area contributed by atoms with Crippen LogP contribution >= 0.6 is 0 Å². The molecule has 1 aromatic carbocycles. The first-order valence-corrected chi connectivity index (χ1v) is 8.79. The Morgan fingerprint density at radius 3 is 2.69 bits per heavy atom. The lowest BCUT2D eigenvalue weighted by Gasteiger charge is -2.16. The molecule has 1 N–H and O–H groups in total. The van der Waals surface area contributed by atoms with Crippen LogP contribution in [-0.2, 0) is 11.3 Å². The Bertz CT molecular complexity index is 771. The highest BCUT2D eigenvalue weighted by atomic mass is 16.5. The number of nitrogens with zero attached hydrogens (tertiary/aromatic N) is 1. The van der Waals surface area contributed by atoms with Crippen LogP contribution in [0.15, 0.2) is 34.7 Å². The van der Waals surface area contributed by atoms with Crippen molar-refractivity contribution in [2.45, 2.75) is 25.8 Å². The molecule has 0 saturated heterocycles. The third-order valence-corrected chi connectivity index (χ3v) is 4.68. The molecule has 3 rings (SSSR count). The Balaban J connectivity index is 1.55. The summed E-state index contributed by atoms with van der Waals surface area (Å²) in [5.41, 5.74) is 0.591. The standard InChI is InChI=1S/C20H26N2O4/c1-13-9-16(13)18-7-6-15(26-18)11-22(2)12-20(23)21-17-10-14(24-3)5-8-19(17)25-4/h5-8,10,13,16H,9,11-12H2,1-4H3,(H,21,23)/t13-,16-/m0/s1. The predicted octanol–water partition coefficient (Wildman–Crippen LogP) is 3.49. The fourth-order valence-corrected chi connectivity index (χ4v) is 3.07. The molecule has 0 unspecified atom stereocenters. The highest BCUT2D eigenvalue weighted by Crippen LogP contribution is 2.47. The SMILES string of the molecule is COc1ccc(OC)c(NC(=O)CN(C)Cc2ccc([C@H]3C[C@@H]3C)o2)c1. The zero-order valence-electron chi connectivity index (χ0n) is 15.7. The normalized spacial score (nSPS) is 18.7. The molecule has 1 aliphatic carbocycles. The molecule has 0 aliphatic heterocycles. The second-order valence-electron chi connectivity index (χ2n) is 6.91. The van der Waals surface area contributed by atoms with Crippen LogP contribution in [0, 0.1) is 5.92 Å². The Labute approximate surface area is 154 Å². The molecule has 0 spiro atoms. The zero-order chi connectivity index (χ0) is 18.7. The quantitative estimate of drug-likeness (QED) is 0.783. The van der Waals surface area contributed by atoms with Gasteiger partial charge in [0.15, 0.2) is 0 Å². The Morgan fingerprint density at radius 2 is 2.04 bits per heavy atom. The first kappa shape index (κ1) is 18.3. The minimum absolute atomic E-state index is 0.123. The molecule has 6 heteroatoms. The summed E-state index contributed by atoms with van der Waals surface area (Å²) in [4.78, 5) is 14.3. The van der Waals surface area contributed by atoms with E-state index in [1.165, 1.54) is 6.42 Å². The van der Waals surface area contributed by atoms with Crippen molar-refractivity contribution in [2.24, 2.45) is 5.92 Å². The summed E-state index contributed by atoms with van der Waals surface area (Å²) in [5, 5.41) is 2.88. The number of benzene rings is 1. The van der Waals surface area contributed by atoms with E-state index < -0.39 is 0 Å². The van der Waals surface area contributed by atoms with E-state index in [2.05, 4.69) is 18.3 Å². The fourth-order valence-electron chi connectivity index (χ4n) is 3.07. The highest BCUT2D eigenvalue weighted by molar-refractivity contribution is 5.93. The van der Waals surface area contributed by atoms with Gasteiger partial charge in [-0.05, 0) is 43.7 Å². The van der Waals surface area contributed by atoms with Gasteiger partial charge in [-0.15, -0.1) is 0 Å². The number of carbonyl (C=O) groups excluding carboxylic acids is 1. The average molecular weight is 358 g/mol. The smallest absolute Gasteiger partial charge is 0.238 e. The number of likely N-dealkylation sites (N-methyl/N-ethyl adjacent to an activating group) is 1. The molecule has 26 heavy (non-hydrogen) atoms. The highest BCUT2D eigenvalue weighted by Gasteiger charge is 2.36. The number of rotatable bonds is 8. The zero-order valence-corrected chi connectivity index (χ0v) is 15.7. The Morgan fingerprint density at radius 1 is 1.27 bits per heavy atom. The van der Waals surface area contributed by atoms with Gasteiger partial charge < -0.3 is 19.2 Å². The second kappa shape index (κ2) is 7.83. The van der Waals surface area contributed by atoms with Gasteiger partial charge in [0, 0.05) is 12.0 Å². The summed E-state index contributed by atoms with van der Waals surface area (Å²) >= 11 is 0. The van der Waals surface area contributed by atoms with Gasteiger partial charge in [0.1, 0.15) is 23.0 Å². The van der Waals surface area contributed by atoms with Crippen LogP contribution in [0.5, 0.6) is 11.5 Å². The fraction of sp³-hybridized carbons (Fsp3) is 0.450. The lowest BCUT2D eigenvalue weighted by Crippen LogP contribution is -2.29. The number of anilines is 1. The van der Waals surface area contributed by atoms with Crippen molar-refractivity contribution in [3.05, 3.63) is 41.9 Å². The number of amides is 1. The van der Waals surface area contributed by atoms with Crippen LogP contribution in [-0.4, -0.2) is 38.6 Å². The molecule has 1 saturated carbocycles. The van der Waals surface area contributed by atoms with Gasteiger partial charge in [-0.1, -0.05) is 6.92 Å². The van der Waals surface area contributed by atoms with Gasteiger partial charge in [0.05, 0.1) is 33.0 Å². The molecule has 1 fully saturated rings. The Kier molecular flexibility index (Phi) is 5.52. The van der Waals surface area contributed by atoms with E-state index in [0.29, 0.717) is 29.6 Å². The minimum Gasteiger partial charge on any atom is -0.497 e. The van der Waals surface area contributed by atoms with E-state index in [1.807, 2.05) is 18.0 Å². The van der Waals surface area contributed by atoms with Crippen LogP contribution in [0.3, 0.4) is 0 Å². The summed E-state index contributed by atoms with van der Waals surface area (Å²) in [5.74, 6) is 4.36. The maximum Gasteiger partial charge on any atom is 0.238 e. The number of carbonyl (C=O) groups is 1. The molecule has 0 radical (unpaired) electrons. The van der Waals surface area contributed by atoms with Gasteiger partial charge >= 0.3 is 0 Å². The molecule has 140 valence electrons. The largest absolute Gasteiger partial charge is 0.497 e. The van der Waals surface area contributed by atoms with Gasteiger partial charge in [-0.3, -0.25) is 9.69 Å². The number of hydrogen-bond acceptors (Lipinski definition) is 5. The monoisotopic (exact) mass is 358 g/mol. The molecule has 6 nitrogen and oxygen atoms in total. The second-order valence-corrected chi connectivity index (χ2v) is 6.91. The summed E-state index contributed by atoms with van der Waals surface area (Å²) in [6.07, 6.45) is 1.20. The van der Waals surface area contributed by atoms with Crippen LogP contribution in [0.2, 0.25) is 0 Å².